The van der Waals surface area contributed by atoms with Crippen LogP contribution in [0.15, 0.2) is 36.5 Å². The number of rotatable bonds is 1. The van der Waals surface area contributed by atoms with E-state index in [-0.39, 0.29) is 11.9 Å². The number of nitrogens with zero attached hydrogens (tertiary/aromatic N) is 4. The number of carbonyl (C=O) groups excluding carboxylic acids is 1. The first-order chi connectivity index (χ1) is 9.59. The first kappa shape index (κ1) is 12.4. The molecule has 0 saturated carbocycles. The third-order valence-electron chi connectivity index (χ3n) is 3.53. The zero-order valence-corrected chi connectivity index (χ0v) is 11.3. The standard InChI is InChI=1S/C14H15N5O/c1-18-10-8-16-14(15)17-12(10)19(2)11(13(18)20)9-6-4-3-5-7-9/h3-8,11H,1-2H3,(H2,15,16,17). The molecule has 6 nitrogen and oxygen atoms in total. The van der Waals surface area contributed by atoms with Gasteiger partial charge in [0, 0.05) is 14.1 Å². The van der Waals surface area contributed by atoms with E-state index in [2.05, 4.69) is 9.97 Å². The van der Waals surface area contributed by atoms with Crippen molar-refractivity contribution in [1.82, 2.24) is 9.97 Å². The molecule has 0 radical (unpaired) electrons. The molecule has 1 aromatic carbocycles. The van der Waals surface area contributed by atoms with Gasteiger partial charge in [0.1, 0.15) is 11.7 Å². The number of benzene rings is 1. The molecule has 0 bridgehead atoms. The van der Waals surface area contributed by atoms with Gasteiger partial charge in [-0.05, 0) is 5.56 Å². The molecule has 0 aliphatic carbocycles. The molecular formula is C14H15N5O. The molecule has 2 heterocycles. The van der Waals surface area contributed by atoms with Crippen LogP contribution in [0.3, 0.4) is 0 Å². The summed E-state index contributed by atoms with van der Waals surface area (Å²) in [6.45, 7) is 0. The van der Waals surface area contributed by atoms with E-state index < -0.39 is 6.04 Å². The second-order valence-electron chi connectivity index (χ2n) is 4.76. The van der Waals surface area contributed by atoms with Gasteiger partial charge in [-0.2, -0.15) is 4.98 Å². The van der Waals surface area contributed by atoms with E-state index in [1.54, 1.807) is 18.1 Å². The van der Waals surface area contributed by atoms with Gasteiger partial charge in [0.25, 0.3) is 5.91 Å². The molecule has 1 aromatic heterocycles. The number of carbonyl (C=O) groups is 1. The van der Waals surface area contributed by atoms with Gasteiger partial charge >= 0.3 is 0 Å². The number of nitrogens with two attached hydrogens (primary N) is 1. The van der Waals surface area contributed by atoms with E-state index >= 15 is 0 Å². The van der Waals surface area contributed by atoms with Crippen LogP contribution in [0.1, 0.15) is 11.6 Å². The van der Waals surface area contributed by atoms with Crippen LogP contribution in [0, 0.1) is 0 Å². The second kappa shape index (κ2) is 4.48. The lowest BCUT2D eigenvalue weighted by atomic mass is 10.0. The first-order valence-electron chi connectivity index (χ1n) is 6.27. The van der Waals surface area contributed by atoms with Crippen molar-refractivity contribution in [2.24, 2.45) is 0 Å². The Morgan fingerprint density at radius 1 is 1.20 bits per heavy atom. The lowest BCUT2D eigenvalue weighted by Gasteiger charge is -2.38. The van der Waals surface area contributed by atoms with Crippen LogP contribution in [0.2, 0.25) is 0 Å². The van der Waals surface area contributed by atoms with Crippen LogP contribution in [-0.2, 0) is 4.79 Å². The summed E-state index contributed by atoms with van der Waals surface area (Å²) in [7, 11) is 3.57. The summed E-state index contributed by atoms with van der Waals surface area (Å²) in [5, 5.41) is 0. The number of fused-ring (bicyclic) bond motifs is 1. The Hall–Kier alpha value is -2.63. The Bertz CT molecular complexity index is 658. The Morgan fingerprint density at radius 3 is 2.60 bits per heavy atom. The van der Waals surface area contributed by atoms with Crippen LogP contribution in [-0.4, -0.2) is 30.0 Å². The highest BCUT2D eigenvalue weighted by molar-refractivity contribution is 6.04. The van der Waals surface area contributed by atoms with E-state index in [1.807, 2.05) is 42.3 Å². The predicted molar refractivity (Wildman–Crippen MR) is 77.4 cm³/mol. The quantitative estimate of drug-likeness (QED) is 0.842. The molecular weight excluding hydrogens is 254 g/mol. The highest BCUT2D eigenvalue weighted by Gasteiger charge is 2.36. The van der Waals surface area contributed by atoms with Crippen molar-refractivity contribution in [1.29, 1.82) is 0 Å². The highest BCUT2D eigenvalue weighted by atomic mass is 16.2. The second-order valence-corrected chi connectivity index (χ2v) is 4.76. The fraction of sp³-hybridized carbons (Fsp3) is 0.214. The maximum atomic E-state index is 12.6. The van der Waals surface area contributed by atoms with Gasteiger partial charge in [0.05, 0.1) is 6.20 Å². The lowest BCUT2D eigenvalue weighted by Crippen LogP contribution is -2.45. The van der Waals surface area contributed by atoms with Crippen LogP contribution < -0.4 is 15.5 Å². The van der Waals surface area contributed by atoms with Gasteiger partial charge in [-0.3, -0.25) is 4.79 Å². The average molecular weight is 269 g/mol. The summed E-state index contributed by atoms with van der Waals surface area (Å²) in [6.07, 6.45) is 1.58. The fourth-order valence-corrected chi connectivity index (χ4v) is 2.47. The molecule has 0 spiro atoms. The lowest BCUT2D eigenvalue weighted by molar-refractivity contribution is -0.120. The minimum absolute atomic E-state index is 0.0143. The molecule has 0 saturated heterocycles. The van der Waals surface area contributed by atoms with E-state index in [0.717, 1.165) is 5.56 Å². The molecule has 6 heteroatoms. The Labute approximate surface area is 116 Å². The SMILES string of the molecule is CN1C(=O)C(c2ccccc2)N(C)c2nc(N)ncc21. The minimum Gasteiger partial charge on any atom is -0.368 e. The van der Waals surface area contributed by atoms with Crippen molar-refractivity contribution >= 4 is 23.4 Å². The number of aromatic nitrogens is 2. The van der Waals surface area contributed by atoms with Gasteiger partial charge in [-0.25, -0.2) is 4.98 Å². The summed E-state index contributed by atoms with van der Waals surface area (Å²) in [5.74, 6) is 0.846. The number of likely N-dealkylation sites (N-methyl/N-ethyl adjacent to an activating group) is 2. The maximum absolute atomic E-state index is 12.6. The third kappa shape index (κ3) is 1.77. The molecule has 2 aromatic rings. The van der Waals surface area contributed by atoms with Crippen LogP contribution >= 0.6 is 0 Å². The van der Waals surface area contributed by atoms with Gasteiger partial charge in [-0.15, -0.1) is 0 Å². The molecule has 3 rings (SSSR count). The number of anilines is 3. The molecule has 1 aliphatic heterocycles. The topological polar surface area (TPSA) is 75.4 Å². The smallest absolute Gasteiger partial charge is 0.254 e. The Morgan fingerprint density at radius 2 is 1.90 bits per heavy atom. The number of hydrogen-bond donors (Lipinski definition) is 1. The third-order valence-corrected chi connectivity index (χ3v) is 3.53. The largest absolute Gasteiger partial charge is 0.368 e. The molecule has 1 aliphatic rings. The van der Waals surface area contributed by atoms with Crippen LogP contribution in [0.5, 0.6) is 0 Å². The molecule has 102 valence electrons. The van der Waals surface area contributed by atoms with Crippen molar-refractivity contribution in [2.75, 3.05) is 29.6 Å². The zero-order valence-electron chi connectivity index (χ0n) is 11.3. The molecule has 0 fully saturated rings. The number of nitrogen functional groups attached to an aromatic ring is 1. The molecule has 1 amide bonds. The maximum Gasteiger partial charge on any atom is 0.254 e. The minimum atomic E-state index is -0.400. The molecule has 20 heavy (non-hydrogen) atoms. The molecule has 2 N–H and O–H groups in total. The van der Waals surface area contributed by atoms with E-state index in [1.165, 1.54) is 0 Å². The summed E-state index contributed by atoms with van der Waals surface area (Å²) < 4.78 is 0. The summed E-state index contributed by atoms with van der Waals surface area (Å²) in [4.78, 5) is 24.2. The van der Waals surface area contributed by atoms with Gasteiger partial charge in [0.2, 0.25) is 5.95 Å². The van der Waals surface area contributed by atoms with Gasteiger partial charge in [-0.1, -0.05) is 30.3 Å². The van der Waals surface area contributed by atoms with Crippen molar-refractivity contribution in [2.45, 2.75) is 6.04 Å². The summed E-state index contributed by atoms with van der Waals surface area (Å²) >= 11 is 0. The van der Waals surface area contributed by atoms with Gasteiger partial charge < -0.3 is 15.5 Å². The van der Waals surface area contributed by atoms with Crippen molar-refractivity contribution < 1.29 is 4.79 Å². The molecule has 1 unspecified atom stereocenters. The first-order valence-corrected chi connectivity index (χ1v) is 6.27. The molecule has 1 atom stereocenters. The fourth-order valence-electron chi connectivity index (χ4n) is 2.47. The number of hydrogen-bond acceptors (Lipinski definition) is 5. The van der Waals surface area contributed by atoms with Crippen LogP contribution in [0.25, 0.3) is 0 Å². The van der Waals surface area contributed by atoms with Crippen molar-refractivity contribution in [3.05, 3.63) is 42.1 Å². The van der Waals surface area contributed by atoms with Crippen molar-refractivity contribution in [3.63, 3.8) is 0 Å². The van der Waals surface area contributed by atoms with Gasteiger partial charge in [0.15, 0.2) is 5.82 Å². The summed E-state index contributed by atoms with van der Waals surface area (Å²) in [5.41, 5.74) is 7.25. The Kier molecular flexibility index (Phi) is 2.78. The normalized spacial score (nSPS) is 18.1. The van der Waals surface area contributed by atoms with E-state index in [4.69, 9.17) is 5.73 Å². The van der Waals surface area contributed by atoms with E-state index in [0.29, 0.717) is 11.5 Å². The highest BCUT2D eigenvalue weighted by Crippen LogP contribution is 2.38. The number of amides is 1. The van der Waals surface area contributed by atoms with E-state index in [9.17, 15) is 4.79 Å². The summed E-state index contributed by atoms with van der Waals surface area (Å²) in [6, 6.07) is 9.23. The average Bonchev–Trinajstić information content (AvgIpc) is 2.46. The zero-order chi connectivity index (χ0) is 14.3. The van der Waals surface area contributed by atoms with Crippen molar-refractivity contribution in [3.8, 4) is 0 Å². The predicted octanol–water partition coefficient (Wildman–Crippen LogP) is 1.21. The van der Waals surface area contributed by atoms with Crippen LogP contribution in [0.4, 0.5) is 17.5 Å². The Balaban J connectivity index is 2.13. The monoisotopic (exact) mass is 269 g/mol.